The van der Waals surface area contributed by atoms with Crippen molar-refractivity contribution in [3.8, 4) is 28.6 Å². The first-order valence-corrected chi connectivity index (χ1v) is 20.2. The van der Waals surface area contributed by atoms with E-state index in [9.17, 15) is 49.5 Å². The Morgan fingerprint density at radius 2 is 1.76 bits per heavy atom. The average Bonchev–Trinajstić information content (AvgIpc) is 3.87. The zero-order valence-corrected chi connectivity index (χ0v) is 34.2. The van der Waals surface area contributed by atoms with E-state index in [0.717, 1.165) is 0 Å². The minimum Gasteiger partial charge on any atom is -0.479 e. The van der Waals surface area contributed by atoms with Gasteiger partial charge in [0.05, 0.1) is 34.7 Å². The van der Waals surface area contributed by atoms with E-state index in [2.05, 4.69) is 16.0 Å². The molecule has 2 aromatic heterocycles. The van der Waals surface area contributed by atoms with Crippen LogP contribution in [0.25, 0.3) is 22.3 Å². The number of alkyl carbamates (subject to hydrolysis) is 1. The van der Waals surface area contributed by atoms with Crippen LogP contribution >= 0.6 is 0 Å². The highest BCUT2D eigenvalue weighted by atomic mass is 16.7. The number of carboxylic acids is 1. The predicted octanol–water partition coefficient (Wildman–Crippen LogP) is 0.832. The standard InChI is InChI=1S/C42H45N5O16/c1-4-42(57)24-11-27-32-22(14-47(27)37(52)23(24)16-58-40(42)55)21(20-10-29-30(61-17-60-29)12-25(20)46-32)13-44-41(56)59-15-19-5-6-28(26(9-19)45-31(48)7-8-43-18(2)3)62-39-35(51)33(49)34(50)36(63-39)38(53)54/h5-6,9-12,18,33-36,39,43,49-51,57H,4,7-8,13-17H2,1-3H3,(H,44,56)(H,45,48)(H,53,54)/t33-,34-,35?,36?,39+,42-/m0/s1. The molecule has 1 saturated heterocycles. The largest absolute Gasteiger partial charge is 0.479 e. The number of aliphatic carboxylic acids is 1. The van der Waals surface area contributed by atoms with Crippen LogP contribution in [0.15, 0.2) is 41.2 Å². The SMILES string of the molecule is CC[C@@]1(O)C(=O)OCc2c1cc1n(c2=O)Cc2c-1nc1cc3c(cc1c2CNC(=O)OCc1ccc(O[C@@H]2OC(C(=O)O)[C@@H](O)[C@H](O)C2O)c(NC(=O)CCNC(C)C)c1)OCO3. The summed E-state index contributed by atoms with van der Waals surface area (Å²) in [6.45, 7) is 5.08. The number of carbonyl (C=O) groups excluding carboxylic acids is 3. The number of fused-ring (bicyclic) bond motifs is 6. The lowest BCUT2D eigenvalue weighted by molar-refractivity contribution is -0.271. The monoisotopic (exact) mass is 875 g/mol. The van der Waals surface area contributed by atoms with Crippen molar-refractivity contribution in [1.82, 2.24) is 20.2 Å². The summed E-state index contributed by atoms with van der Waals surface area (Å²) in [6.07, 6.45) is -10.3. The van der Waals surface area contributed by atoms with E-state index in [-0.39, 0.29) is 74.5 Å². The van der Waals surface area contributed by atoms with Crippen molar-refractivity contribution in [2.75, 3.05) is 18.7 Å². The van der Waals surface area contributed by atoms with Gasteiger partial charge in [-0.3, -0.25) is 9.59 Å². The van der Waals surface area contributed by atoms with Gasteiger partial charge in [0, 0.05) is 48.1 Å². The zero-order valence-electron chi connectivity index (χ0n) is 34.2. The molecule has 334 valence electrons. The highest BCUT2D eigenvalue weighted by molar-refractivity contribution is 5.93. The second kappa shape index (κ2) is 17.1. The number of nitrogens with zero attached hydrogens (tertiary/aromatic N) is 2. The molecule has 4 aromatic rings. The molecular formula is C42H45N5O16. The fraction of sp³-hybridized carbons (Fsp3) is 0.429. The van der Waals surface area contributed by atoms with Gasteiger partial charge in [-0.15, -0.1) is 0 Å². The number of aliphatic hydroxyl groups excluding tert-OH is 3. The number of esters is 1. The lowest BCUT2D eigenvalue weighted by Gasteiger charge is -2.38. The fourth-order valence-corrected chi connectivity index (χ4v) is 7.94. The molecule has 4 aliphatic heterocycles. The third kappa shape index (κ3) is 8.09. The number of pyridine rings is 2. The lowest BCUT2D eigenvalue weighted by Crippen LogP contribution is -2.61. The first-order valence-electron chi connectivity index (χ1n) is 20.2. The number of nitrogens with one attached hydrogen (secondary N) is 3. The Morgan fingerprint density at radius 1 is 1.00 bits per heavy atom. The maximum atomic E-state index is 13.9. The fourth-order valence-electron chi connectivity index (χ4n) is 7.94. The van der Waals surface area contributed by atoms with Crippen molar-refractivity contribution in [3.05, 3.63) is 74.6 Å². The van der Waals surface area contributed by atoms with E-state index in [0.29, 0.717) is 57.0 Å². The number of amides is 2. The van der Waals surface area contributed by atoms with Gasteiger partial charge >= 0.3 is 18.0 Å². The molecule has 0 radical (unpaired) electrons. The van der Waals surface area contributed by atoms with E-state index < -0.39 is 65.8 Å². The average molecular weight is 876 g/mol. The van der Waals surface area contributed by atoms with Crippen LogP contribution in [0.1, 0.15) is 61.4 Å². The summed E-state index contributed by atoms with van der Waals surface area (Å²) in [5, 5.41) is 61.0. The van der Waals surface area contributed by atoms with Crippen molar-refractivity contribution in [2.24, 2.45) is 0 Å². The number of carbonyl (C=O) groups is 4. The van der Waals surface area contributed by atoms with Gasteiger partial charge in [0.1, 0.15) is 37.3 Å². The van der Waals surface area contributed by atoms with Crippen LogP contribution in [-0.4, -0.2) is 109 Å². The first-order chi connectivity index (χ1) is 30.1. The molecule has 1 fully saturated rings. The highest BCUT2D eigenvalue weighted by Crippen LogP contribution is 2.43. The number of anilines is 1. The van der Waals surface area contributed by atoms with Crippen LogP contribution in [0.4, 0.5) is 10.5 Å². The molecule has 2 unspecified atom stereocenters. The maximum Gasteiger partial charge on any atom is 0.407 e. The summed E-state index contributed by atoms with van der Waals surface area (Å²) in [6, 6.07) is 9.38. The molecule has 2 amide bonds. The van der Waals surface area contributed by atoms with Gasteiger partial charge < -0.3 is 74.5 Å². The molecule has 63 heavy (non-hydrogen) atoms. The van der Waals surface area contributed by atoms with E-state index in [1.807, 2.05) is 13.8 Å². The second-order valence-electron chi connectivity index (χ2n) is 15.8. The molecule has 0 aliphatic carbocycles. The minimum atomic E-state index is -2.03. The molecule has 4 aliphatic rings. The molecule has 2 aromatic carbocycles. The summed E-state index contributed by atoms with van der Waals surface area (Å²) in [5.74, 6) is -2.10. The molecule has 6 heterocycles. The van der Waals surface area contributed by atoms with Crippen LogP contribution in [-0.2, 0) is 60.5 Å². The normalized spacial score (nSPS) is 23.1. The lowest BCUT2D eigenvalue weighted by atomic mass is 9.86. The predicted molar refractivity (Wildman–Crippen MR) is 215 cm³/mol. The van der Waals surface area contributed by atoms with Gasteiger partial charge in [0.25, 0.3) is 5.56 Å². The number of hydrogen-bond acceptors (Lipinski definition) is 17. The van der Waals surface area contributed by atoms with Crippen LogP contribution in [0.5, 0.6) is 17.2 Å². The number of hydrogen-bond donors (Lipinski definition) is 8. The molecule has 6 atom stereocenters. The third-order valence-electron chi connectivity index (χ3n) is 11.4. The summed E-state index contributed by atoms with van der Waals surface area (Å²) >= 11 is 0. The number of ether oxygens (including phenoxy) is 6. The minimum absolute atomic E-state index is 0.00998. The van der Waals surface area contributed by atoms with Crippen molar-refractivity contribution < 1.29 is 73.1 Å². The van der Waals surface area contributed by atoms with Crippen molar-refractivity contribution in [3.63, 3.8) is 0 Å². The molecule has 21 nitrogen and oxygen atoms in total. The molecular weight excluding hydrogens is 830 g/mol. The maximum absolute atomic E-state index is 13.9. The van der Waals surface area contributed by atoms with Gasteiger partial charge in [-0.05, 0) is 41.8 Å². The topological polar surface area (TPSA) is 296 Å². The van der Waals surface area contributed by atoms with Gasteiger partial charge in [-0.25, -0.2) is 19.4 Å². The highest BCUT2D eigenvalue weighted by Gasteiger charge is 2.49. The number of carboxylic acid groups (broad SMARTS) is 1. The van der Waals surface area contributed by atoms with Gasteiger partial charge in [-0.2, -0.15) is 0 Å². The van der Waals surface area contributed by atoms with E-state index in [1.54, 1.807) is 25.1 Å². The number of benzene rings is 2. The van der Waals surface area contributed by atoms with Crippen LogP contribution in [0, 0.1) is 0 Å². The van der Waals surface area contributed by atoms with Crippen LogP contribution < -0.4 is 35.7 Å². The summed E-state index contributed by atoms with van der Waals surface area (Å²) in [5.41, 5.74) is 0.620. The molecule has 0 spiro atoms. The van der Waals surface area contributed by atoms with E-state index in [4.69, 9.17) is 33.4 Å². The first kappa shape index (κ1) is 43.3. The zero-order chi connectivity index (χ0) is 44.9. The third-order valence-corrected chi connectivity index (χ3v) is 11.4. The quantitative estimate of drug-likeness (QED) is 0.0760. The molecule has 0 bridgehead atoms. The van der Waals surface area contributed by atoms with Gasteiger partial charge in [-0.1, -0.05) is 26.8 Å². The Kier molecular flexibility index (Phi) is 11.7. The van der Waals surface area contributed by atoms with Crippen LogP contribution in [0.3, 0.4) is 0 Å². The molecule has 21 heteroatoms. The van der Waals surface area contributed by atoms with Crippen molar-refractivity contribution >= 4 is 40.5 Å². The summed E-state index contributed by atoms with van der Waals surface area (Å²) < 4.78 is 34.5. The smallest absolute Gasteiger partial charge is 0.407 e. The second-order valence-corrected chi connectivity index (χ2v) is 15.8. The van der Waals surface area contributed by atoms with Crippen LogP contribution in [0.2, 0.25) is 0 Å². The van der Waals surface area contributed by atoms with Crippen molar-refractivity contribution in [2.45, 2.75) is 102 Å². The summed E-state index contributed by atoms with van der Waals surface area (Å²) in [4.78, 5) is 69.5. The molecule has 8 N–H and O–H groups in total. The van der Waals surface area contributed by atoms with Crippen molar-refractivity contribution in [1.29, 1.82) is 0 Å². The number of aliphatic hydroxyl groups is 4. The van der Waals surface area contributed by atoms with Gasteiger partial charge in [0.2, 0.25) is 19.0 Å². The number of aromatic nitrogens is 2. The Bertz CT molecular complexity index is 2580. The van der Waals surface area contributed by atoms with Gasteiger partial charge in [0.15, 0.2) is 23.2 Å². The Labute approximate surface area is 357 Å². The number of rotatable bonds is 13. The molecule has 8 rings (SSSR count). The number of cyclic esters (lactones) is 1. The molecule has 0 saturated carbocycles. The van der Waals surface area contributed by atoms with E-state index >= 15 is 0 Å². The summed E-state index contributed by atoms with van der Waals surface area (Å²) in [7, 11) is 0. The Morgan fingerprint density at radius 3 is 2.49 bits per heavy atom. The Balaban J connectivity index is 1.04. The van der Waals surface area contributed by atoms with E-state index in [1.165, 1.54) is 22.8 Å². The Hall–Kier alpha value is -6.36.